The number of amides is 1. The number of rotatable bonds is 3. The molecule has 1 N–H and O–H groups in total. The van der Waals surface area contributed by atoms with E-state index in [2.05, 4.69) is 10.3 Å². The first-order chi connectivity index (χ1) is 7.88. The van der Waals surface area contributed by atoms with Gasteiger partial charge in [-0.3, -0.25) is 4.79 Å². The van der Waals surface area contributed by atoms with E-state index in [1.54, 1.807) is 12.1 Å². The lowest BCUT2D eigenvalue weighted by Gasteiger charge is -2.20. The molecule has 92 valence electrons. The number of ether oxygens (including phenoxy) is 1. The predicted molar refractivity (Wildman–Crippen MR) is 62.4 cm³/mol. The third kappa shape index (κ3) is 5.10. The number of nitrogens with one attached hydrogen (secondary N) is 1. The van der Waals surface area contributed by atoms with Gasteiger partial charge in [-0.05, 0) is 32.9 Å². The summed E-state index contributed by atoms with van der Waals surface area (Å²) >= 11 is 0. The topological polar surface area (TPSA) is 68.3 Å². The second-order valence-electron chi connectivity index (χ2n) is 4.59. The first-order valence-corrected chi connectivity index (χ1v) is 5.28. The van der Waals surface area contributed by atoms with Gasteiger partial charge in [-0.15, -0.1) is 0 Å². The highest BCUT2D eigenvalue weighted by Crippen LogP contribution is 1.99. The minimum Gasteiger partial charge on any atom is -0.451 e. The Balaban J connectivity index is 2.42. The second-order valence-corrected chi connectivity index (χ2v) is 4.59. The van der Waals surface area contributed by atoms with Crippen molar-refractivity contribution in [3.63, 3.8) is 0 Å². The maximum absolute atomic E-state index is 11.5. The summed E-state index contributed by atoms with van der Waals surface area (Å²) in [5.41, 5.74) is -0.148. The summed E-state index contributed by atoms with van der Waals surface area (Å²) in [6.07, 6.45) is 1.49. The zero-order valence-electron chi connectivity index (χ0n) is 10.2. The lowest BCUT2D eigenvalue weighted by atomic mass is 10.1. The van der Waals surface area contributed by atoms with Crippen molar-refractivity contribution in [1.29, 1.82) is 0 Å². The monoisotopic (exact) mass is 236 g/mol. The molecule has 0 bridgehead atoms. The number of carbonyl (C=O) groups excluding carboxylic acids is 2. The van der Waals surface area contributed by atoms with Crippen molar-refractivity contribution in [2.24, 2.45) is 0 Å². The Kier molecular flexibility index (Phi) is 4.20. The van der Waals surface area contributed by atoms with Crippen LogP contribution in [-0.4, -0.2) is 29.0 Å². The van der Waals surface area contributed by atoms with Gasteiger partial charge in [0, 0.05) is 11.7 Å². The lowest BCUT2D eigenvalue weighted by molar-refractivity contribution is -0.125. The standard InChI is InChI=1S/C12H16N2O3/c1-12(2,3)14-10(15)8-17-11(16)9-6-4-5-7-13-9/h4-7H,8H2,1-3H3,(H,14,15). The Labute approximate surface area is 100 Å². The van der Waals surface area contributed by atoms with E-state index in [9.17, 15) is 9.59 Å². The number of aromatic nitrogens is 1. The molecule has 0 saturated heterocycles. The molecule has 5 heteroatoms. The lowest BCUT2D eigenvalue weighted by Crippen LogP contribution is -2.42. The molecule has 5 nitrogen and oxygen atoms in total. The summed E-state index contributed by atoms with van der Waals surface area (Å²) in [4.78, 5) is 26.7. The fourth-order valence-electron chi connectivity index (χ4n) is 1.14. The van der Waals surface area contributed by atoms with Crippen molar-refractivity contribution in [2.75, 3.05) is 6.61 Å². The minimum absolute atomic E-state index is 0.191. The average Bonchev–Trinajstić information content (AvgIpc) is 2.25. The quantitative estimate of drug-likeness (QED) is 0.799. The van der Waals surface area contributed by atoms with Crippen molar-refractivity contribution in [2.45, 2.75) is 26.3 Å². The molecule has 0 atom stereocenters. The molecular weight excluding hydrogens is 220 g/mol. The van der Waals surface area contributed by atoms with Gasteiger partial charge >= 0.3 is 5.97 Å². The molecule has 0 fully saturated rings. The Morgan fingerprint density at radius 1 is 1.35 bits per heavy atom. The first kappa shape index (κ1) is 13.2. The van der Waals surface area contributed by atoms with Gasteiger partial charge in [0.15, 0.2) is 6.61 Å². The summed E-state index contributed by atoms with van der Waals surface area (Å²) < 4.78 is 4.82. The van der Waals surface area contributed by atoms with Gasteiger partial charge in [0.1, 0.15) is 5.69 Å². The molecule has 0 unspecified atom stereocenters. The summed E-state index contributed by atoms with van der Waals surface area (Å²) in [5, 5.41) is 2.69. The molecule has 0 spiro atoms. The van der Waals surface area contributed by atoms with E-state index in [-0.39, 0.29) is 23.7 Å². The molecule has 0 radical (unpaired) electrons. The number of esters is 1. The summed E-state index contributed by atoms with van der Waals surface area (Å²) in [7, 11) is 0. The number of pyridine rings is 1. The molecule has 0 aliphatic heterocycles. The Morgan fingerprint density at radius 2 is 2.06 bits per heavy atom. The normalized spacial score (nSPS) is 10.8. The molecule has 1 amide bonds. The molecule has 1 aromatic rings. The van der Waals surface area contributed by atoms with E-state index >= 15 is 0 Å². The molecule has 1 heterocycles. The molecule has 0 saturated carbocycles. The highest BCUT2D eigenvalue weighted by Gasteiger charge is 2.16. The Morgan fingerprint density at radius 3 is 2.59 bits per heavy atom. The van der Waals surface area contributed by atoms with Crippen LogP contribution in [0.4, 0.5) is 0 Å². The number of hydrogen-bond donors (Lipinski definition) is 1. The van der Waals surface area contributed by atoms with E-state index in [0.29, 0.717) is 0 Å². The summed E-state index contributed by atoms with van der Waals surface area (Å²) in [6.45, 7) is 5.26. The van der Waals surface area contributed by atoms with E-state index in [4.69, 9.17) is 4.74 Å². The van der Waals surface area contributed by atoms with Crippen LogP contribution in [0.15, 0.2) is 24.4 Å². The van der Waals surface area contributed by atoms with Crippen molar-refractivity contribution in [1.82, 2.24) is 10.3 Å². The third-order valence-corrected chi connectivity index (χ3v) is 1.72. The van der Waals surface area contributed by atoms with Gasteiger partial charge in [-0.2, -0.15) is 0 Å². The van der Waals surface area contributed by atoms with Gasteiger partial charge in [0.05, 0.1) is 0 Å². The average molecular weight is 236 g/mol. The summed E-state index contributed by atoms with van der Waals surface area (Å²) in [6, 6.07) is 4.91. The zero-order chi connectivity index (χ0) is 12.9. The van der Waals surface area contributed by atoms with Gasteiger partial charge in [0.2, 0.25) is 0 Å². The molecule has 0 aliphatic carbocycles. The van der Waals surface area contributed by atoms with Crippen molar-refractivity contribution in [3.05, 3.63) is 30.1 Å². The zero-order valence-corrected chi connectivity index (χ0v) is 10.2. The smallest absolute Gasteiger partial charge is 0.357 e. The van der Waals surface area contributed by atoms with Crippen LogP contribution >= 0.6 is 0 Å². The van der Waals surface area contributed by atoms with E-state index in [1.807, 2.05) is 20.8 Å². The van der Waals surface area contributed by atoms with Crippen molar-refractivity contribution >= 4 is 11.9 Å². The first-order valence-electron chi connectivity index (χ1n) is 5.28. The summed E-state index contributed by atoms with van der Waals surface area (Å²) in [5.74, 6) is -0.934. The molecular formula is C12H16N2O3. The number of nitrogens with zero attached hydrogens (tertiary/aromatic N) is 1. The van der Waals surface area contributed by atoms with E-state index in [1.165, 1.54) is 12.3 Å². The van der Waals surface area contributed by atoms with Crippen LogP contribution in [0.1, 0.15) is 31.3 Å². The molecule has 1 aromatic heterocycles. The van der Waals surface area contributed by atoms with Crippen LogP contribution < -0.4 is 5.32 Å². The fourth-order valence-corrected chi connectivity index (χ4v) is 1.14. The van der Waals surface area contributed by atoms with Crippen LogP contribution in [0.2, 0.25) is 0 Å². The van der Waals surface area contributed by atoms with Crippen LogP contribution in [0.5, 0.6) is 0 Å². The maximum atomic E-state index is 11.5. The van der Waals surface area contributed by atoms with Gasteiger partial charge < -0.3 is 10.1 Å². The van der Waals surface area contributed by atoms with Crippen molar-refractivity contribution < 1.29 is 14.3 Å². The molecule has 17 heavy (non-hydrogen) atoms. The van der Waals surface area contributed by atoms with E-state index in [0.717, 1.165) is 0 Å². The van der Waals surface area contributed by atoms with Gasteiger partial charge in [-0.25, -0.2) is 9.78 Å². The molecule has 1 rings (SSSR count). The highest BCUT2D eigenvalue weighted by molar-refractivity contribution is 5.89. The maximum Gasteiger partial charge on any atom is 0.357 e. The molecule has 0 aliphatic rings. The van der Waals surface area contributed by atoms with Crippen LogP contribution in [0, 0.1) is 0 Å². The Bertz CT molecular complexity index is 396. The minimum atomic E-state index is -0.602. The van der Waals surface area contributed by atoms with E-state index < -0.39 is 5.97 Å². The van der Waals surface area contributed by atoms with Crippen LogP contribution in [-0.2, 0) is 9.53 Å². The van der Waals surface area contributed by atoms with Crippen LogP contribution in [0.25, 0.3) is 0 Å². The van der Waals surface area contributed by atoms with Crippen LogP contribution in [0.3, 0.4) is 0 Å². The highest BCUT2D eigenvalue weighted by atomic mass is 16.5. The van der Waals surface area contributed by atoms with Crippen molar-refractivity contribution in [3.8, 4) is 0 Å². The molecule has 0 aromatic carbocycles. The number of carbonyl (C=O) groups is 2. The second kappa shape index (κ2) is 5.43. The third-order valence-electron chi connectivity index (χ3n) is 1.72. The number of hydrogen-bond acceptors (Lipinski definition) is 4. The fraction of sp³-hybridized carbons (Fsp3) is 0.417. The predicted octanol–water partition coefficient (Wildman–Crippen LogP) is 1.15. The SMILES string of the molecule is CC(C)(C)NC(=O)COC(=O)c1ccccn1. The largest absolute Gasteiger partial charge is 0.451 e. The Hall–Kier alpha value is -1.91. The van der Waals surface area contributed by atoms with Gasteiger partial charge in [0.25, 0.3) is 5.91 Å². The van der Waals surface area contributed by atoms with Gasteiger partial charge in [-0.1, -0.05) is 6.07 Å².